The normalized spacial score (nSPS) is 31.8. The van der Waals surface area contributed by atoms with E-state index in [2.05, 4.69) is 13.8 Å². The van der Waals surface area contributed by atoms with Gasteiger partial charge in [0.1, 0.15) is 0 Å². The predicted molar refractivity (Wildman–Crippen MR) is 67.9 cm³/mol. The summed E-state index contributed by atoms with van der Waals surface area (Å²) < 4.78 is 0. The van der Waals surface area contributed by atoms with E-state index in [1.54, 1.807) is 0 Å². The maximum Gasteiger partial charge on any atom is 0.0182 e. The van der Waals surface area contributed by atoms with Gasteiger partial charge in [0.2, 0.25) is 0 Å². The van der Waals surface area contributed by atoms with E-state index in [0.29, 0.717) is 0 Å². The van der Waals surface area contributed by atoms with Crippen molar-refractivity contribution < 1.29 is 0 Å². The summed E-state index contributed by atoms with van der Waals surface area (Å²) in [5.41, 5.74) is 6.79. The smallest absolute Gasteiger partial charge is 0.0182 e. The lowest BCUT2D eigenvalue weighted by Crippen LogP contribution is -2.48. The van der Waals surface area contributed by atoms with Crippen molar-refractivity contribution in [1.29, 1.82) is 0 Å². The van der Waals surface area contributed by atoms with E-state index in [9.17, 15) is 0 Å². The van der Waals surface area contributed by atoms with Crippen LogP contribution in [-0.4, -0.2) is 5.54 Å². The highest BCUT2D eigenvalue weighted by Crippen LogP contribution is 2.37. The summed E-state index contributed by atoms with van der Waals surface area (Å²) in [6.45, 7) is 4.58. The van der Waals surface area contributed by atoms with Crippen LogP contribution in [0.15, 0.2) is 0 Å². The standard InChI is InChI=1S/C14H29N/c1-3-5-6-8-11-14(15)12-9-7-10-13(14)4-2/h13H,3-12,15H2,1-2H3. The van der Waals surface area contributed by atoms with Crippen molar-refractivity contribution in [3.63, 3.8) is 0 Å². The summed E-state index contributed by atoms with van der Waals surface area (Å²) in [5.74, 6) is 0.799. The second-order valence-corrected chi connectivity index (χ2v) is 5.39. The molecule has 1 fully saturated rings. The van der Waals surface area contributed by atoms with Crippen LogP contribution >= 0.6 is 0 Å². The van der Waals surface area contributed by atoms with Crippen molar-refractivity contribution in [2.24, 2.45) is 11.7 Å². The predicted octanol–water partition coefficient (Wildman–Crippen LogP) is 4.25. The zero-order valence-corrected chi connectivity index (χ0v) is 10.7. The Balaban J connectivity index is 2.33. The molecule has 90 valence electrons. The van der Waals surface area contributed by atoms with Gasteiger partial charge in [0.15, 0.2) is 0 Å². The summed E-state index contributed by atoms with van der Waals surface area (Å²) in [4.78, 5) is 0. The third kappa shape index (κ3) is 3.79. The lowest BCUT2D eigenvalue weighted by Gasteiger charge is -2.41. The Morgan fingerprint density at radius 2 is 1.93 bits per heavy atom. The molecule has 0 saturated heterocycles. The molecule has 1 saturated carbocycles. The highest BCUT2D eigenvalue weighted by molar-refractivity contribution is 4.93. The molecule has 0 bridgehead atoms. The van der Waals surface area contributed by atoms with Gasteiger partial charge in [0.05, 0.1) is 0 Å². The second kappa shape index (κ2) is 6.52. The van der Waals surface area contributed by atoms with E-state index in [4.69, 9.17) is 5.73 Å². The Hall–Kier alpha value is -0.0400. The van der Waals surface area contributed by atoms with E-state index in [1.807, 2.05) is 0 Å². The largest absolute Gasteiger partial charge is 0.325 e. The summed E-state index contributed by atoms with van der Waals surface area (Å²) in [7, 11) is 0. The summed E-state index contributed by atoms with van der Waals surface area (Å²) >= 11 is 0. The van der Waals surface area contributed by atoms with Gasteiger partial charge in [-0.15, -0.1) is 0 Å². The average Bonchev–Trinajstić information content (AvgIpc) is 2.25. The molecule has 0 heterocycles. The molecule has 2 N–H and O–H groups in total. The fraction of sp³-hybridized carbons (Fsp3) is 1.00. The molecule has 1 heteroatoms. The fourth-order valence-electron chi connectivity index (χ4n) is 3.16. The maximum absolute atomic E-state index is 6.60. The molecule has 0 spiro atoms. The molecule has 0 aromatic rings. The minimum atomic E-state index is 0.195. The third-order valence-electron chi connectivity index (χ3n) is 4.25. The zero-order chi connectivity index (χ0) is 11.1. The summed E-state index contributed by atoms with van der Waals surface area (Å²) in [5, 5.41) is 0. The van der Waals surface area contributed by atoms with Crippen LogP contribution in [-0.2, 0) is 0 Å². The lowest BCUT2D eigenvalue weighted by molar-refractivity contribution is 0.167. The van der Waals surface area contributed by atoms with Gasteiger partial charge in [-0.3, -0.25) is 0 Å². The molecule has 0 aromatic heterocycles. The van der Waals surface area contributed by atoms with Gasteiger partial charge in [-0.1, -0.05) is 58.8 Å². The molecular weight excluding hydrogens is 182 g/mol. The Morgan fingerprint density at radius 1 is 1.13 bits per heavy atom. The number of hydrogen-bond acceptors (Lipinski definition) is 1. The molecule has 2 atom stereocenters. The van der Waals surface area contributed by atoms with E-state index >= 15 is 0 Å². The monoisotopic (exact) mass is 211 g/mol. The van der Waals surface area contributed by atoms with Gasteiger partial charge in [-0.2, -0.15) is 0 Å². The van der Waals surface area contributed by atoms with Crippen molar-refractivity contribution in [2.45, 2.75) is 83.6 Å². The molecule has 2 unspecified atom stereocenters. The zero-order valence-electron chi connectivity index (χ0n) is 10.7. The molecule has 15 heavy (non-hydrogen) atoms. The van der Waals surface area contributed by atoms with E-state index in [1.165, 1.54) is 64.2 Å². The van der Waals surface area contributed by atoms with Gasteiger partial charge in [0, 0.05) is 5.54 Å². The highest BCUT2D eigenvalue weighted by atomic mass is 14.8. The van der Waals surface area contributed by atoms with Crippen molar-refractivity contribution in [3.05, 3.63) is 0 Å². The van der Waals surface area contributed by atoms with Gasteiger partial charge in [0.25, 0.3) is 0 Å². The SMILES string of the molecule is CCCCCCC1(N)CCCCC1CC. The maximum atomic E-state index is 6.60. The minimum absolute atomic E-state index is 0.195. The van der Waals surface area contributed by atoms with E-state index < -0.39 is 0 Å². The second-order valence-electron chi connectivity index (χ2n) is 5.39. The van der Waals surface area contributed by atoms with Crippen molar-refractivity contribution in [2.75, 3.05) is 0 Å². The molecule has 1 nitrogen and oxygen atoms in total. The Labute approximate surface area is 95.8 Å². The number of unbranched alkanes of at least 4 members (excludes halogenated alkanes) is 3. The van der Waals surface area contributed by atoms with Crippen LogP contribution in [0.25, 0.3) is 0 Å². The topological polar surface area (TPSA) is 26.0 Å². The van der Waals surface area contributed by atoms with Crippen LogP contribution in [0.5, 0.6) is 0 Å². The van der Waals surface area contributed by atoms with Crippen LogP contribution in [0.4, 0.5) is 0 Å². The average molecular weight is 211 g/mol. The fourth-order valence-corrected chi connectivity index (χ4v) is 3.16. The Morgan fingerprint density at radius 3 is 2.60 bits per heavy atom. The van der Waals surface area contributed by atoms with Crippen LogP contribution < -0.4 is 5.73 Å². The molecule has 0 radical (unpaired) electrons. The van der Waals surface area contributed by atoms with Crippen LogP contribution in [0.2, 0.25) is 0 Å². The van der Waals surface area contributed by atoms with Crippen molar-refractivity contribution in [3.8, 4) is 0 Å². The highest BCUT2D eigenvalue weighted by Gasteiger charge is 2.34. The molecular formula is C14H29N. The summed E-state index contributed by atoms with van der Waals surface area (Å²) in [6, 6.07) is 0. The summed E-state index contributed by atoms with van der Waals surface area (Å²) in [6.07, 6.45) is 13.4. The number of rotatable bonds is 6. The Kier molecular flexibility index (Phi) is 5.66. The molecule has 0 aromatic carbocycles. The van der Waals surface area contributed by atoms with E-state index in [-0.39, 0.29) is 5.54 Å². The first-order valence-electron chi connectivity index (χ1n) is 7.02. The van der Waals surface area contributed by atoms with Crippen molar-refractivity contribution >= 4 is 0 Å². The minimum Gasteiger partial charge on any atom is -0.325 e. The Bertz CT molecular complexity index is 167. The quantitative estimate of drug-likeness (QED) is 0.653. The van der Waals surface area contributed by atoms with Crippen LogP contribution in [0.1, 0.15) is 78.1 Å². The van der Waals surface area contributed by atoms with Gasteiger partial charge in [-0.25, -0.2) is 0 Å². The molecule has 1 aliphatic rings. The molecule has 1 aliphatic carbocycles. The number of nitrogens with two attached hydrogens (primary N) is 1. The molecule has 0 aliphatic heterocycles. The first kappa shape index (κ1) is 13.0. The lowest BCUT2D eigenvalue weighted by atomic mass is 9.69. The first-order valence-corrected chi connectivity index (χ1v) is 7.02. The van der Waals surface area contributed by atoms with Crippen LogP contribution in [0.3, 0.4) is 0 Å². The third-order valence-corrected chi connectivity index (χ3v) is 4.25. The number of hydrogen-bond donors (Lipinski definition) is 1. The van der Waals surface area contributed by atoms with Gasteiger partial charge >= 0.3 is 0 Å². The van der Waals surface area contributed by atoms with Gasteiger partial charge in [-0.05, 0) is 25.2 Å². The molecule has 0 amide bonds. The molecule has 1 rings (SSSR count). The van der Waals surface area contributed by atoms with Gasteiger partial charge < -0.3 is 5.73 Å². The van der Waals surface area contributed by atoms with E-state index in [0.717, 1.165) is 5.92 Å². The van der Waals surface area contributed by atoms with Crippen LogP contribution in [0, 0.1) is 5.92 Å². The first-order chi connectivity index (χ1) is 7.23. The van der Waals surface area contributed by atoms with Crippen molar-refractivity contribution in [1.82, 2.24) is 0 Å².